The minimum atomic E-state index is -1.30. The third kappa shape index (κ3) is 5.86. The lowest BCUT2D eigenvalue weighted by molar-refractivity contribution is -0.124. The average molecular weight is 544 g/mol. The molecule has 0 aliphatic rings. The number of amides is 3. The highest BCUT2D eigenvalue weighted by molar-refractivity contribution is 7.09. The van der Waals surface area contributed by atoms with Crippen LogP contribution in [0.15, 0.2) is 42.5 Å². The van der Waals surface area contributed by atoms with Gasteiger partial charge in [-0.15, -0.1) is 0 Å². The molecule has 3 amide bonds. The van der Waals surface area contributed by atoms with Crippen LogP contribution in [0.5, 0.6) is 11.5 Å². The normalized spacial score (nSPS) is 11.9. The van der Waals surface area contributed by atoms with Crippen LogP contribution < -0.4 is 31.2 Å². The summed E-state index contributed by atoms with van der Waals surface area (Å²) < 4.78 is 28.7. The van der Waals surface area contributed by atoms with E-state index in [0.717, 1.165) is 0 Å². The summed E-state index contributed by atoms with van der Waals surface area (Å²) in [5, 5.41) is 2.96. The maximum atomic E-state index is 14.2. The molecule has 0 fully saturated rings. The highest BCUT2D eigenvalue weighted by atomic mass is 32.1. The number of primary amides is 1. The van der Waals surface area contributed by atoms with Crippen LogP contribution in [-0.2, 0) is 4.79 Å². The molecule has 38 heavy (non-hydrogen) atoms. The van der Waals surface area contributed by atoms with Gasteiger partial charge in [-0.25, -0.2) is 4.39 Å². The molecule has 0 saturated carbocycles. The summed E-state index contributed by atoms with van der Waals surface area (Å²) in [5.41, 5.74) is 10.9. The number of rotatable bonds is 10. The van der Waals surface area contributed by atoms with Gasteiger partial charge in [0.2, 0.25) is 5.91 Å². The molecule has 0 spiro atoms. The summed E-state index contributed by atoms with van der Waals surface area (Å²) in [6, 6.07) is 8.63. The Morgan fingerprint density at radius 2 is 1.79 bits per heavy atom. The summed E-state index contributed by atoms with van der Waals surface area (Å²) in [6.45, 7) is 5.59. The van der Waals surface area contributed by atoms with Gasteiger partial charge in [-0.1, -0.05) is 19.1 Å². The Bertz CT molecular complexity index is 1340. The Morgan fingerprint density at radius 3 is 2.32 bits per heavy atom. The third-order valence-corrected chi connectivity index (χ3v) is 6.91. The first-order valence-corrected chi connectivity index (χ1v) is 12.4. The second-order valence-corrected chi connectivity index (χ2v) is 9.81. The molecule has 1 unspecified atom stereocenters. The van der Waals surface area contributed by atoms with Crippen LogP contribution in [0.25, 0.3) is 0 Å². The number of benzene rings is 2. The number of ether oxygens (including phenoxy) is 2. The lowest BCUT2D eigenvalue weighted by atomic mass is 9.98. The van der Waals surface area contributed by atoms with E-state index in [1.807, 2.05) is 20.8 Å². The molecular formula is C26H30FN5O5S. The predicted molar refractivity (Wildman–Crippen MR) is 143 cm³/mol. The summed E-state index contributed by atoms with van der Waals surface area (Å²) >= 11 is 0.677. The van der Waals surface area contributed by atoms with Crippen molar-refractivity contribution in [1.29, 1.82) is 0 Å². The molecule has 1 atom stereocenters. The fraction of sp³-hybridized carbons (Fsp3) is 0.308. The molecule has 0 bridgehead atoms. The summed E-state index contributed by atoms with van der Waals surface area (Å²) in [6.07, 6.45) is 0.596. The number of anilines is 2. The molecule has 3 rings (SSSR count). The SMILES string of the molecule is CCC(C)(C)NC(=O)C(c1ccc(F)cc1)N(C(=O)c1snc(C(N)=O)c1N)c1ccc(OC)cc1OC. The van der Waals surface area contributed by atoms with Crippen molar-refractivity contribution in [3.8, 4) is 11.5 Å². The largest absolute Gasteiger partial charge is 0.497 e. The molecule has 0 aliphatic heterocycles. The molecule has 1 heterocycles. The second kappa shape index (κ2) is 11.5. The van der Waals surface area contributed by atoms with Crippen LogP contribution in [0.2, 0.25) is 0 Å². The van der Waals surface area contributed by atoms with Crippen molar-refractivity contribution >= 4 is 40.6 Å². The molecule has 1 aromatic heterocycles. The van der Waals surface area contributed by atoms with Crippen LogP contribution >= 0.6 is 11.5 Å². The first-order valence-electron chi connectivity index (χ1n) is 11.6. The van der Waals surface area contributed by atoms with Gasteiger partial charge in [0.25, 0.3) is 11.8 Å². The fourth-order valence-electron chi connectivity index (χ4n) is 3.64. The van der Waals surface area contributed by atoms with E-state index in [2.05, 4.69) is 9.69 Å². The minimum Gasteiger partial charge on any atom is -0.497 e. The van der Waals surface area contributed by atoms with E-state index >= 15 is 0 Å². The van der Waals surface area contributed by atoms with Gasteiger partial charge in [-0.05, 0) is 61.6 Å². The van der Waals surface area contributed by atoms with Gasteiger partial charge in [0.1, 0.15) is 28.2 Å². The molecule has 202 valence electrons. The fourth-order valence-corrected chi connectivity index (χ4v) is 4.38. The minimum absolute atomic E-state index is 0.105. The lowest BCUT2D eigenvalue weighted by Gasteiger charge is -2.35. The summed E-state index contributed by atoms with van der Waals surface area (Å²) in [7, 11) is 2.88. The Kier molecular flexibility index (Phi) is 8.56. The molecule has 12 heteroatoms. The highest BCUT2D eigenvalue weighted by Gasteiger charge is 2.38. The van der Waals surface area contributed by atoms with E-state index in [1.54, 1.807) is 18.2 Å². The molecule has 3 aromatic rings. The topological polar surface area (TPSA) is 150 Å². The van der Waals surface area contributed by atoms with Crippen LogP contribution in [0, 0.1) is 5.82 Å². The molecule has 5 N–H and O–H groups in total. The number of halogens is 1. The van der Waals surface area contributed by atoms with Gasteiger partial charge in [-0.3, -0.25) is 19.3 Å². The summed E-state index contributed by atoms with van der Waals surface area (Å²) in [4.78, 5) is 40.9. The Labute approximate surface area is 223 Å². The second-order valence-electron chi connectivity index (χ2n) is 9.03. The number of nitrogens with one attached hydrogen (secondary N) is 1. The third-order valence-electron chi connectivity index (χ3n) is 6.06. The number of aromatic nitrogens is 1. The van der Waals surface area contributed by atoms with E-state index in [1.165, 1.54) is 43.4 Å². The lowest BCUT2D eigenvalue weighted by Crippen LogP contribution is -2.50. The first-order chi connectivity index (χ1) is 17.9. The molecular weight excluding hydrogens is 513 g/mol. The van der Waals surface area contributed by atoms with Crippen molar-refractivity contribution < 1.29 is 28.2 Å². The van der Waals surface area contributed by atoms with Gasteiger partial charge in [0.05, 0.1) is 25.6 Å². The van der Waals surface area contributed by atoms with E-state index < -0.39 is 35.1 Å². The Morgan fingerprint density at radius 1 is 1.13 bits per heavy atom. The van der Waals surface area contributed by atoms with Crippen molar-refractivity contribution in [1.82, 2.24) is 9.69 Å². The van der Waals surface area contributed by atoms with Crippen LogP contribution in [0.1, 0.15) is 59.0 Å². The number of methoxy groups -OCH3 is 2. The number of hydrogen-bond acceptors (Lipinski definition) is 8. The molecule has 0 saturated heterocycles. The predicted octanol–water partition coefficient (Wildman–Crippen LogP) is 3.67. The van der Waals surface area contributed by atoms with Crippen molar-refractivity contribution in [2.24, 2.45) is 5.73 Å². The van der Waals surface area contributed by atoms with Crippen LogP contribution in [-0.4, -0.2) is 41.9 Å². The zero-order chi connectivity index (χ0) is 28.2. The van der Waals surface area contributed by atoms with Crippen LogP contribution in [0.3, 0.4) is 0 Å². The summed E-state index contributed by atoms with van der Waals surface area (Å²) in [5.74, 6) is -2.03. The maximum Gasteiger partial charge on any atom is 0.273 e. The highest BCUT2D eigenvalue weighted by Crippen LogP contribution is 2.40. The number of carbonyl (C=O) groups is 3. The van der Waals surface area contributed by atoms with E-state index in [-0.39, 0.29) is 27.7 Å². The van der Waals surface area contributed by atoms with E-state index in [4.69, 9.17) is 20.9 Å². The first kappa shape index (κ1) is 28.4. The molecule has 10 nitrogen and oxygen atoms in total. The average Bonchev–Trinajstić information content (AvgIpc) is 3.28. The van der Waals surface area contributed by atoms with E-state index in [9.17, 15) is 18.8 Å². The number of carbonyl (C=O) groups excluding carboxylic acids is 3. The van der Waals surface area contributed by atoms with Crippen molar-refractivity contribution in [3.05, 3.63) is 64.4 Å². The monoisotopic (exact) mass is 543 g/mol. The zero-order valence-corrected chi connectivity index (χ0v) is 22.5. The van der Waals surface area contributed by atoms with Crippen molar-refractivity contribution in [2.75, 3.05) is 24.9 Å². The van der Waals surface area contributed by atoms with Crippen molar-refractivity contribution in [2.45, 2.75) is 38.8 Å². The van der Waals surface area contributed by atoms with Gasteiger partial charge in [-0.2, -0.15) is 4.37 Å². The quantitative estimate of drug-likeness (QED) is 0.353. The van der Waals surface area contributed by atoms with Crippen LogP contribution in [0.4, 0.5) is 15.8 Å². The van der Waals surface area contributed by atoms with E-state index in [0.29, 0.717) is 29.3 Å². The van der Waals surface area contributed by atoms with Gasteiger partial charge in [0, 0.05) is 11.6 Å². The molecule has 2 aromatic carbocycles. The smallest absolute Gasteiger partial charge is 0.273 e. The van der Waals surface area contributed by atoms with Gasteiger partial charge >= 0.3 is 0 Å². The zero-order valence-electron chi connectivity index (χ0n) is 21.7. The standard InChI is InChI=1S/C26H30FN5O5S/c1-6-26(2,3)30-24(34)21(14-7-9-15(27)10-8-14)32(17-12-11-16(36-4)13-18(17)37-5)25(35)22-19(28)20(23(29)33)31-38-22/h7-13,21H,6,28H2,1-5H3,(H2,29,33)(H,30,34). The number of hydrogen-bond donors (Lipinski definition) is 3. The Hall–Kier alpha value is -4.19. The number of nitrogens with two attached hydrogens (primary N) is 2. The Balaban J connectivity index is 2.31. The molecule has 0 aliphatic carbocycles. The maximum absolute atomic E-state index is 14.2. The number of nitrogens with zero attached hydrogens (tertiary/aromatic N) is 2. The van der Waals surface area contributed by atoms with Crippen molar-refractivity contribution in [3.63, 3.8) is 0 Å². The van der Waals surface area contributed by atoms with Gasteiger partial charge < -0.3 is 26.3 Å². The number of nitrogen functional groups attached to an aromatic ring is 1. The van der Waals surface area contributed by atoms with Gasteiger partial charge in [0.15, 0.2) is 5.69 Å². The molecule has 0 radical (unpaired) electrons.